The van der Waals surface area contributed by atoms with Crippen LogP contribution in [0.4, 0.5) is 5.69 Å². The van der Waals surface area contributed by atoms with Crippen molar-refractivity contribution in [2.24, 2.45) is 5.92 Å². The van der Waals surface area contributed by atoms with Crippen LogP contribution in [0.2, 0.25) is 0 Å². The molecule has 2 aromatic carbocycles. The molecule has 4 aromatic heterocycles. The quantitative estimate of drug-likeness (QED) is 0.274. The number of H-pyrrole nitrogens is 2. The van der Waals surface area contributed by atoms with Gasteiger partial charge in [0.05, 0.1) is 28.4 Å². The van der Waals surface area contributed by atoms with Crippen LogP contribution in [0.25, 0.3) is 55.7 Å². The van der Waals surface area contributed by atoms with Crippen LogP contribution in [-0.2, 0) is 4.79 Å². The number of hydrogen-bond donors (Lipinski definition) is 3. The molecule has 7 nitrogen and oxygen atoms in total. The summed E-state index contributed by atoms with van der Waals surface area (Å²) in [5.74, 6) is 0.936. The number of fused-ring (bicyclic) bond motifs is 2. The normalized spacial score (nSPS) is 13.5. The molecular formula is C27H20N6OS. The van der Waals surface area contributed by atoms with Gasteiger partial charge in [0.1, 0.15) is 5.69 Å². The first-order chi connectivity index (χ1) is 17.2. The Morgan fingerprint density at radius 3 is 2.80 bits per heavy atom. The van der Waals surface area contributed by atoms with Gasteiger partial charge < -0.3 is 10.3 Å². The smallest absolute Gasteiger partial charge is 0.227 e. The number of nitrogens with zero attached hydrogens (tertiary/aromatic N) is 3. The van der Waals surface area contributed by atoms with Gasteiger partial charge >= 0.3 is 0 Å². The number of aromatic amines is 2. The number of carbonyl (C=O) groups excluding carboxylic acids is 1. The van der Waals surface area contributed by atoms with Crippen molar-refractivity contribution in [3.63, 3.8) is 0 Å². The minimum Gasteiger partial charge on any atom is -0.337 e. The highest BCUT2D eigenvalue weighted by Crippen LogP contribution is 2.34. The maximum absolute atomic E-state index is 12.2. The molecule has 7 rings (SSSR count). The minimum absolute atomic E-state index is 0.0724. The maximum atomic E-state index is 12.2. The minimum atomic E-state index is 0.0724. The Bertz CT molecular complexity index is 1710. The third-order valence-electron chi connectivity index (χ3n) is 6.42. The predicted octanol–water partition coefficient (Wildman–Crippen LogP) is 6.25. The molecule has 0 unspecified atom stereocenters. The number of thiophene rings is 1. The third-order valence-corrected chi connectivity index (χ3v) is 7.10. The fourth-order valence-corrected chi connectivity index (χ4v) is 5.08. The molecule has 0 atom stereocenters. The average Bonchev–Trinajstić information content (AvgIpc) is 3.26. The van der Waals surface area contributed by atoms with Crippen molar-refractivity contribution in [3.8, 4) is 33.8 Å². The molecule has 1 saturated carbocycles. The summed E-state index contributed by atoms with van der Waals surface area (Å²) < 4.78 is 0. The first-order valence-electron chi connectivity index (χ1n) is 11.5. The van der Waals surface area contributed by atoms with Crippen LogP contribution in [0.1, 0.15) is 12.8 Å². The van der Waals surface area contributed by atoms with Crippen LogP contribution >= 0.6 is 11.3 Å². The van der Waals surface area contributed by atoms with E-state index in [0.29, 0.717) is 5.69 Å². The second-order valence-corrected chi connectivity index (χ2v) is 9.64. The maximum Gasteiger partial charge on any atom is 0.227 e. The third kappa shape index (κ3) is 3.59. The summed E-state index contributed by atoms with van der Waals surface area (Å²) in [6.07, 6.45) is 5.43. The van der Waals surface area contributed by atoms with Crippen LogP contribution in [0.15, 0.2) is 71.7 Å². The second kappa shape index (κ2) is 7.89. The van der Waals surface area contributed by atoms with Gasteiger partial charge in [-0.2, -0.15) is 16.4 Å². The van der Waals surface area contributed by atoms with Gasteiger partial charge in [-0.25, -0.2) is 4.98 Å². The standard InChI is InChI=1S/C27H20N6OS/c34-27(15-4-5-15)29-19-10-18(12-28-13-19)16-6-7-22-21(11-16)25(33-32-22)26-30-23-3-1-2-20(24(23)31-26)17-8-9-35-14-17/h1-3,6-15H,4-5H2,(H,29,34)(H,30,31)(H,32,33). The van der Waals surface area contributed by atoms with Crippen molar-refractivity contribution in [3.05, 3.63) is 71.7 Å². The van der Waals surface area contributed by atoms with E-state index in [4.69, 9.17) is 4.98 Å². The second-order valence-electron chi connectivity index (χ2n) is 8.86. The van der Waals surface area contributed by atoms with E-state index in [-0.39, 0.29) is 11.8 Å². The molecule has 170 valence electrons. The highest BCUT2D eigenvalue weighted by Gasteiger charge is 2.29. The Balaban J connectivity index is 1.29. The fourth-order valence-electron chi connectivity index (χ4n) is 4.43. The lowest BCUT2D eigenvalue weighted by Crippen LogP contribution is -2.13. The van der Waals surface area contributed by atoms with E-state index in [2.05, 4.69) is 54.4 Å². The summed E-state index contributed by atoms with van der Waals surface area (Å²) in [6, 6.07) is 16.4. The summed E-state index contributed by atoms with van der Waals surface area (Å²) in [7, 11) is 0. The molecule has 0 bridgehead atoms. The molecule has 0 saturated heterocycles. The van der Waals surface area contributed by atoms with Crippen LogP contribution < -0.4 is 5.32 Å². The van der Waals surface area contributed by atoms with Crippen molar-refractivity contribution in [2.75, 3.05) is 5.32 Å². The van der Waals surface area contributed by atoms with E-state index >= 15 is 0 Å². The number of benzene rings is 2. The van der Waals surface area contributed by atoms with Gasteiger partial charge in [0.15, 0.2) is 5.82 Å². The summed E-state index contributed by atoms with van der Waals surface area (Å²) in [5, 5.41) is 15.9. The van der Waals surface area contributed by atoms with Gasteiger partial charge in [-0.05, 0) is 65.1 Å². The number of carbonyl (C=O) groups is 1. The predicted molar refractivity (Wildman–Crippen MR) is 139 cm³/mol. The van der Waals surface area contributed by atoms with Gasteiger partial charge in [-0.1, -0.05) is 18.2 Å². The number of imidazole rings is 1. The fraction of sp³-hybridized carbons (Fsp3) is 0.111. The Hall–Kier alpha value is -4.30. The molecule has 0 aliphatic heterocycles. The zero-order chi connectivity index (χ0) is 23.4. The zero-order valence-electron chi connectivity index (χ0n) is 18.6. The first-order valence-corrected chi connectivity index (χ1v) is 12.4. The van der Waals surface area contributed by atoms with E-state index in [1.807, 2.05) is 36.5 Å². The molecule has 4 heterocycles. The SMILES string of the molecule is O=C(Nc1cncc(-c2ccc3[nH]nc(-c4nc5c(-c6ccsc6)cccc5[nH]4)c3c2)c1)C1CC1. The van der Waals surface area contributed by atoms with E-state index in [1.54, 1.807) is 17.5 Å². The summed E-state index contributed by atoms with van der Waals surface area (Å²) in [5.41, 5.74) is 8.48. The highest BCUT2D eigenvalue weighted by molar-refractivity contribution is 7.08. The number of anilines is 1. The van der Waals surface area contributed by atoms with Gasteiger partial charge in [0, 0.05) is 28.6 Å². The molecular weight excluding hydrogens is 456 g/mol. The van der Waals surface area contributed by atoms with E-state index in [0.717, 1.165) is 68.6 Å². The molecule has 1 aliphatic rings. The van der Waals surface area contributed by atoms with Crippen molar-refractivity contribution >= 4 is 44.9 Å². The Labute approximate surface area is 204 Å². The number of aromatic nitrogens is 5. The highest BCUT2D eigenvalue weighted by atomic mass is 32.1. The van der Waals surface area contributed by atoms with Crippen LogP contribution in [0.5, 0.6) is 0 Å². The van der Waals surface area contributed by atoms with Crippen LogP contribution in [0, 0.1) is 5.92 Å². The largest absolute Gasteiger partial charge is 0.337 e. The van der Waals surface area contributed by atoms with E-state index < -0.39 is 0 Å². The van der Waals surface area contributed by atoms with Crippen molar-refractivity contribution in [2.45, 2.75) is 12.8 Å². The summed E-state index contributed by atoms with van der Waals surface area (Å²) in [6.45, 7) is 0. The molecule has 0 radical (unpaired) electrons. The lowest BCUT2D eigenvalue weighted by atomic mass is 10.0. The van der Waals surface area contributed by atoms with Gasteiger partial charge in [-0.3, -0.25) is 14.9 Å². The lowest BCUT2D eigenvalue weighted by Gasteiger charge is -2.07. The molecule has 0 spiro atoms. The van der Waals surface area contributed by atoms with Crippen LogP contribution in [0.3, 0.4) is 0 Å². The Kier molecular flexibility index (Phi) is 4.53. The average molecular weight is 477 g/mol. The van der Waals surface area contributed by atoms with Crippen molar-refractivity contribution < 1.29 is 4.79 Å². The molecule has 1 aliphatic carbocycles. The molecule has 8 heteroatoms. The molecule has 1 fully saturated rings. The van der Waals surface area contributed by atoms with E-state index in [9.17, 15) is 4.79 Å². The number of rotatable bonds is 5. The van der Waals surface area contributed by atoms with Gasteiger partial charge in [0.2, 0.25) is 5.91 Å². The number of para-hydroxylation sites is 1. The number of nitrogens with one attached hydrogen (secondary N) is 3. The summed E-state index contributed by atoms with van der Waals surface area (Å²) >= 11 is 1.67. The van der Waals surface area contributed by atoms with Gasteiger partial charge in [-0.15, -0.1) is 0 Å². The molecule has 3 N–H and O–H groups in total. The summed E-state index contributed by atoms with van der Waals surface area (Å²) in [4.78, 5) is 24.9. The van der Waals surface area contributed by atoms with Crippen LogP contribution in [-0.4, -0.2) is 31.1 Å². The van der Waals surface area contributed by atoms with Crippen molar-refractivity contribution in [1.29, 1.82) is 0 Å². The molecule has 1 amide bonds. The van der Waals surface area contributed by atoms with Crippen molar-refractivity contribution in [1.82, 2.24) is 25.1 Å². The number of pyridine rings is 1. The zero-order valence-corrected chi connectivity index (χ0v) is 19.4. The van der Waals surface area contributed by atoms with E-state index in [1.165, 1.54) is 0 Å². The monoisotopic (exact) mass is 476 g/mol. The Morgan fingerprint density at radius 2 is 1.94 bits per heavy atom. The topological polar surface area (TPSA) is 99.3 Å². The van der Waals surface area contributed by atoms with Gasteiger partial charge in [0.25, 0.3) is 0 Å². The number of amides is 1. The molecule has 35 heavy (non-hydrogen) atoms. The lowest BCUT2D eigenvalue weighted by molar-refractivity contribution is -0.117. The Morgan fingerprint density at radius 1 is 1.00 bits per heavy atom. The first kappa shape index (κ1) is 20.1. The molecule has 6 aromatic rings. The number of hydrogen-bond acceptors (Lipinski definition) is 5.